The monoisotopic (exact) mass is 326 g/mol. The minimum Gasteiger partial charge on any atom is -0.542 e. The van der Waals surface area contributed by atoms with E-state index in [4.69, 9.17) is 9.16 Å². The summed E-state index contributed by atoms with van der Waals surface area (Å²) in [5.41, 5.74) is 0.341. The molecule has 21 heavy (non-hydrogen) atoms. The molecule has 0 spiro atoms. The Morgan fingerprint density at radius 1 is 1.10 bits per heavy atom. The van der Waals surface area contributed by atoms with Crippen molar-refractivity contribution in [1.29, 1.82) is 0 Å². The van der Waals surface area contributed by atoms with Crippen molar-refractivity contribution in [1.82, 2.24) is 0 Å². The van der Waals surface area contributed by atoms with Gasteiger partial charge in [0, 0.05) is 0 Å². The van der Waals surface area contributed by atoms with Crippen LogP contribution < -0.4 is 9.16 Å². The molecule has 118 valence electrons. The second-order valence-electron chi connectivity index (χ2n) is 7.26. The first-order valence-electron chi connectivity index (χ1n) is 7.05. The zero-order chi connectivity index (χ0) is 16.4. The van der Waals surface area contributed by atoms with E-state index in [1.807, 2.05) is 18.2 Å². The van der Waals surface area contributed by atoms with E-state index in [9.17, 15) is 9.90 Å². The molecule has 0 aliphatic rings. The molecule has 0 radical (unpaired) electrons. The Kier molecular flexibility index (Phi) is 5.27. The SMILES string of the molecule is COc1cc(C(C(=O)O)[Si](C)(C)C)ccc1O[Si](C)(C)C. The number of aliphatic carboxylic acids is 1. The molecule has 1 atom stereocenters. The second kappa shape index (κ2) is 6.23. The normalized spacial score (nSPS) is 13.7. The molecule has 0 saturated carbocycles. The fraction of sp³-hybridized carbons (Fsp3) is 0.533. The summed E-state index contributed by atoms with van der Waals surface area (Å²) in [6.07, 6.45) is 0. The molecule has 0 fully saturated rings. The number of carboxylic acid groups (broad SMARTS) is 1. The lowest BCUT2D eigenvalue weighted by molar-refractivity contribution is -0.136. The lowest BCUT2D eigenvalue weighted by Gasteiger charge is -2.27. The zero-order valence-electron chi connectivity index (χ0n) is 14.0. The summed E-state index contributed by atoms with van der Waals surface area (Å²) in [5, 5.41) is 9.55. The first kappa shape index (κ1) is 17.8. The van der Waals surface area contributed by atoms with Crippen LogP contribution in [0.2, 0.25) is 39.3 Å². The number of carboxylic acids is 1. The van der Waals surface area contributed by atoms with Crippen molar-refractivity contribution >= 4 is 22.4 Å². The maximum Gasteiger partial charge on any atom is 0.308 e. The third-order valence-corrected chi connectivity index (χ3v) is 6.19. The smallest absolute Gasteiger partial charge is 0.308 e. The summed E-state index contributed by atoms with van der Waals surface area (Å²) in [6.45, 7) is 12.5. The van der Waals surface area contributed by atoms with Gasteiger partial charge in [0.15, 0.2) is 5.75 Å². The summed E-state index contributed by atoms with van der Waals surface area (Å²) in [4.78, 5) is 11.6. The van der Waals surface area contributed by atoms with Crippen LogP contribution in [0.5, 0.6) is 11.5 Å². The molecule has 1 rings (SSSR count). The highest BCUT2D eigenvalue weighted by molar-refractivity contribution is 6.80. The average Bonchev–Trinajstić information content (AvgIpc) is 2.26. The molecule has 0 aliphatic heterocycles. The molecule has 0 aromatic heterocycles. The topological polar surface area (TPSA) is 55.8 Å². The molecule has 1 aromatic carbocycles. The van der Waals surface area contributed by atoms with Crippen molar-refractivity contribution in [3.8, 4) is 11.5 Å². The molecule has 0 aliphatic carbocycles. The molecule has 0 saturated heterocycles. The summed E-state index contributed by atoms with van der Waals surface area (Å²) in [6, 6.07) is 5.50. The van der Waals surface area contributed by atoms with Crippen LogP contribution in [0.15, 0.2) is 18.2 Å². The first-order chi connectivity index (χ1) is 9.45. The number of hydrogen-bond acceptors (Lipinski definition) is 3. The minimum atomic E-state index is -1.88. The van der Waals surface area contributed by atoms with Gasteiger partial charge >= 0.3 is 5.97 Å². The van der Waals surface area contributed by atoms with Crippen molar-refractivity contribution in [2.45, 2.75) is 44.8 Å². The molecule has 1 N–H and O–H groups in total. The Morgan fingerprint density at radius 3 is 2.05 bits per heavy atom. The van der Waals surface area contributed by atoms with Gasteiger partial charge in [-0.25, -0.2) is 0 Å². The van der Waals surface area contributed by atoms with Crippen LogP contribution in [-0.4, -0.2) is 34.6 Å². The van der Waals surface area contributed by atoms with E-state index in [1.54, 1.807) is 7.11 Å². The van der Waals surface area contributed by atoms with E-state index < -0.39 is 27.9 Å². The van der Waals surface area contributed by atoms with Crippen LogP contribution in [0.4, 0.5) is 0 Å². The fourth-order valence-corrected chi connectivity index (χ4v) is 5.04. The molecule has 4 nitrogen and oxygen atoms in total. The Labute approximate surface area is 129 Å². The van der Waals surface area contributed by atoms with Crippen LogP contribution in [0.1, 0.15) is 11.1 Å². The van der Waals surface area contributed by atoms with Gasteiger partial charge in [0.05, 0.1) is 20.7 Å². The second-order valence-corrected chi connectivity index (χ2v) is 17.0. The highest BCUT2D eigenvalue weighted by Gasteiger charge is 2.35. The molecule has 1 unspecified atom stereocenters. The van der Waals surface area contributed by atoms with Gasteiger partial charge in [0.1, 0.15) is 5.75 Å². The van der Waals surface area contributed by atoms with E-state index >= 15 is 0 Å². The molecular weight excluding hydrogens is 300 g/mol. The molecule has 0 heterocycles. The van der Waals surface area contributed by atoms with Gasteiger partial charge in [-0.3, -0.25) is 4.79 Å². The van der Waals surface area contributed by atoms with Crippen molar-refractivity contribution in [3.63, 3.8) is 0 Å². The lowest BCUT2D eigenvalue weighted by Crippen LogP contribution is -2.36. The third-order valence-electron chi connectivity index (χ3n) is 3.05. The standard InChI is InChI=1S/C15H26O4Si2/c1-18-13-10-11(14(15(16)17)20(2,3)4)8-9-12(13)19-21(5,6)7/h8-10,14H,1-7H3,(H,16,17). The van der Waals surface area contributed by atoms with Crippen LogP contribution in [0, 0.1) is 0 Å². The summed E-state index contributed by atoms with van der Waals surface area (Å²) >= 11 is 0. The van der Waals surface area contributed by atoms with Crippen LogP contribution in [0.3, 0.4) is 0 Å². The lowest BCUT2D eigenvalue weighted by atomic mass is 10.1. The molecular formula is C15H26O4Si2. The number of carbonyl (C=O) groups is 1. The predicted molar refractivity (Wildman–Crippen MR) is 90.7 cm³/mol. The summed E-state index contributed by atoms with van der Waals surface area (Å²) in [7, 11) is -2.03. The van der Waals surface area contributed by atoms with Crippen LogP contribution in [-0.2, 0) is 4.79 Å². The van der Waals surface area contributed by atoms with Crippen molar-refractivity contribution in [3.05, 3.63) is 23.8 Å². The van der Waals surface area contributed by atoms with E-state index in [0.29, 0.717) is 11.5 Å². The van der Waals surface area contributed by atoms with Crippen LogP contribution in [0.25, 0.3) is 0 Å². The van der Waals surface area contributed by atoms with E-state index in [2.05, 4.69) is 39.3 Å². The van der Waals surface area contributed by atoms with E-state index in [1.165, 1.54) is 0 Å². The number of rotatable bonds is 6. The Bertz CT molecular complexity index is 515. The van der Waals surface area contributed by atoms with Gasteiger partial charge < -0.3 is 14.3 Å². The quantitative estimate of drug-likeness (QED) is 0.804. The van der Waals surface area contributed by atoms with Gasteiger partial charge in [-0.2, -0.15) is 0 Å². The predicted octanol–water partition coefficient (Wildman–Crippen LogP) is 3.95. The van der Waals surface area contributed by atoms with Gasteiger partial charge in [-0.15, -0.1) is 0 Å². The number of ether oxygens (including phenoxy) is 1. The largest absolute Gasteiger partial charge is 0.542 e. The van der Waals surface area contributed by atoms with Crippen molar-refractivity contribution in [2.24, 2.45) is 0 Å². The zero-order valence-corrected chi connectivity index (χ0v) is 16.0. The molecule has 0 amide bonds. The van der Waals surface area contributed by atoms with Gasteiger partial charge in [0.2, 0.25) is 8.32 Å². The highest BCUT2D eigenvalue weighted by Crippen LogP contribution is 2.35. The molecule has 0 bridgehead atoms. The Morgan fingerprint density at radius 2 is 1.67 bits per heavy atom. The van der Waals surface area contributed by atoms with Gasteiger partial charge in [-0.05, 0) is 37.3 Å². The van der Waals surface area contributed by atoms with E-state index in [-0.39, 0.29) is 0 Å². The molecule has 1 aromatic rings. The maximum atomic E-state index is 11.6. The number of hydrogen-bond donors (Lipinski definition) is 1. The molecule has 6 heteroatoms. The fourth-order valence-electron chi connectivity index (χ4n) is 2.29. The summed E-state index contributed by atoms with van der Waals surface area (Å²) in [5.74, 6) is 0.537. The Hall–Kier alpha value is -1.28. The Balaban J connectivity index is 3.26. The number of methoxy groups -OCH3 is 1. The van der Waals surface area contributed by atoms with Crippen molar-refractivity contribution in [2.75, 3.05) is 7.11 Å². The highest BCUT2D eigenvalue weighted by atomic mass is 28.4. The maximum absolute atomic E-state index is 11.6. The van der Waals surface area contributed by atoms with Gasteiger partial charge in [-0.1, -0.05) is 25.7 Å². The minimum absolute atomic E-state index is 0.452. The summed E-state index contributed by atoms with van der Waals surface area (Å²) < 4.78 is 11.4. The third kappa shape index (κ3) is 4.89. The van der Waals surface area contributed by atoms with Crippen molar-refractivity contribution < 1.29 is 19.1 Å². The first-order valence-corrected chi connectivity index (χ1v) is 14.0. The van der Waals surface area contributed by atoms with E-state index in [0.717, 1.165) is 5.56 Å². The van der Waals surface area contributed by atoms with Gasteiger partial charge in [0.25, 0.3) is 0 Å². The average molecular weight is 327 g/mol. The number of benzene rings is 1. The van der Waals surface area contributed by atoms with Crippen LogP contribution >= 0.6 is 0 Å².